The van der Waals surface area contributed by atoms with E-state index in [1.165, 1.54) is 48.5 Å². The third-order valence-corrected chi connectivity index (χ3v) is 10.7. The van der Waals surface area contributed by atoms with Crippen LogP contribution in [-0.2, 0) is 64.0 Å². The molecule has 0 spiro atoms. The smallest absolute Gasteiger partial charge is 0.374 e. The molecule has 3 aromatic rings. The van der Waals surface area contributed by atoms with Crippen molar-refractivity contribution in [2.75, 3.05) is 5.75 Å². The summed E-state index contributed by atoms with van der Waals surface area (Å²) < 4.78 is 0. The second kappa shape index (κ2) is 26.9. The van der Waals surface area contributed by atoms with Gasteiger partial charge in [0.25, 0.3) is 5.78 Å². The molecular weight excluding hydrogens is 945 g/mol. The summed E-state index contributed by atoms with van der Waals surface area (Å²) >= 11 is 3.94. The van der Waals surface area contributed by atoms with E-state index in [0.717, 1.165) is 6.92 Å². The lowest BCUT2D eigenvalue weighted by Gasteiger charge is -2.32. The first-order chi connectivity index (χ1) is 33.0. The summed E-state index contributed by atoms with van der Waals surface area (Å²) in [6.45, 7) is 0.936. The summed E-state index contributed by atoms with van der Waals surface area (Å²) in [5.74, 6) is -22.0. The van der Waals surface area contributed by atoms with Crippen LogP contribution in [0.25, 0.3) is 0 Å². The number of benzene rings is 3. The van der Waals surface area contributed by atoms with Crippen molar-refractivity contribution in [3.8, 4) is 5.75 Å². The van der Waals surface area contributed by atoms with Crippen LogP contribution < -0.4 is 31.9 Å². The standard InChI is InChI=1S/C45H50N6O18S/c1-22(52)46-31(20-34(56)57)40(61)49-30(19-27(43(64)65)44(66)67)41(62)51-36(35(24-8-4-2-5-9-24)25-10-6-3-7-11-25)42(63)47-28(16-17-33(54)55)38(59)48-29(18-23-12-14-26(53)15-13-23)39(60)50-32(21-70)37(58)45(68)69/h2-15,27-32,35-36,53,70H,16-21H2,1H3,(H,46,52)(H,47,63)(H,48,59)(H,49,61)(H,50,60)(H,51,62)(H,54,55)(H,56,57)(H,64,65)(H,66,67)(H,68,69)/t28-,29-,30+,31-,32-,36-/m0/s1. The average Bonchev–Trinajstić information content (AvgIpc) is 3.30. The fourth-order valence-electron chi connectivity index (χ4n) is 6.89. The highest BCUT2D eigenvalue weighted by Gasteiger charge is 2.40. The molecule has 0 aliphatic heterocycles. The van der Waals surface area contributed by atoms with Crippen LogP contribution in [0.2, 0.25) is 0 Å². The molecule has 0 saturated carbocycles. The minimum absolute atomic E-state index is 0.178. The van der Waals surface area contributed by atoms with Crippen molar-refractivity contribution in [2.45, 2.75) is 81.2 Å². The van der Waals surface area contributed by atoms with Gasteiger partial charge in [-0.1, -0.05) is 72.8 Å². The number of aromatic hydroxyl groups is 1. The van der Waals surface area contributed by atoms with Crippen molar-refractivity contribution in [3.63, 3.8) is 0 Å². The Morgan fingerprint density at radius 1 is 0.529 bits per heavy atom. The van der Waals surface area contributed by atoms with Crippen molar-refractivity contribution >= 4 is 83.7 Å². The molecule has 24 nitrogen and oxygen atoms in total. The van der Waals surface area contributed by atoms with Crippen LogP contribution in [0.15, 0.2) is 84.9 Å². The quantitative estimate of drug-likeness (QED) is 0.0231. The fraction of sp³-hybridized carbons (Fsp3) is 0.333. The highest BCUT2D eigenvalue weighted by molar-refractivity contribution is 7.80. The van der Waals surface area contributed by atoms with Gasteiger partial charge in [0.15, 0.2) is 5.92 Å². The lowest BCUT2D eigenvalue weighted by Crippen LogP contribution is -2.61. The number of carbonyl (C=O) groups is 12. The largest absolute Gasteiger partial charge is 0.508 e. The summed E-state index contributed by atoms with van der Waals surface area (Å²) in [6, 6.07) is 9.51. The molecule has 0 saturated heterocycles. The molecule has 0 aliphatic rings. The molecule has 25 heteroatoms. The second-order valence-corrected chi connectivity index (χ2v) is 15.9. The number of phenols is 1. The van der Waals surface area contributed by atoms with Gasteiger partial charge in [-0.15, -0.1) is 0 Å². The maximum Gasteiger partial charge on any atom is 0.374 e. The fourth-order valence-corrected chi connectivity index (χ4v) is 7.15. The first-order valence-corrected chi connectivity index (χ1v) is 21.6. The van der Waals surface area contributed by atoms with E-state index in [4.69, 9.17) is 0 Å². The van der Waals surface area contributed by atoms with E-state index in [0.29, 0.717) is 16.7 Å². The zero-order chi connectivity index (χ0) is 52.2. The minimum Gasteiger partial charge on any atom is -0.508 e. The summed E-state index contributed by atoms with van der Waals surface area (Å²) in [5, 5.41) is 71.2. The summed E-state index contributed by atoms with van der Waals surface area (Å²) in [7, 11) is 0. The van der Waals surface area contributed by atoms with Crippen LogP contribution in [0.5, 0.6) is 5.75 Å². The second-order valence-electron chi connectivity index (χ2n) is 15.5. The molecule has 0 fully saturated rings. The monoisotopic (exact) mass is 994 g/mol. The Morgan fingerprint density at radius 2 is 1.00 bits per heavy atom. The molecule has 6 amide bonds. The van der Waals surface area contributed by atoms with E-state index in [-0.39, 0.29) is 5.75 Å². The number of Topliss-reactive ketones (excluding diaryl/α,β-unsaturated/α-hetero) is 1. The lowest BCUT2D eigenvalue weighted by molar-refractivity contribution is -0.156. The Kier molecular flexibility index (Phi) is 21.5. The number of carboxylic acids is 5. The number of hydrogen-bond acceptors (Lipinski definition) is 14. The van der Waals surface area contributed by atoms with E-state index in [1.807, 2.05) is 0 Å². The minimum atomic E-state index is -2.40. The van der Waals surface area contributed by atoms with Gasteiger partial charge in [-0.05, 0) is 35.2 Å². The number of aliphatic carboxylic acids is 5. The molecular formula is C45H50N6O18S. The molecule has 374 valence electrons. The SMILES string of the molecule is CC(=O)N[C@@H](CC(=O)O)C(=O)N[C@H](CC(C(=O)O)C(=O)O)C(=O)N[C@H](C(=O)N[C@@H](CCC(=O)O)C(=O)N[C@@H](Cc1ccc(O)cc1)C(=O)N[C@@H](CS)C(=O)C(=O)O)C(c1ccccc1)c1ccccc1. The normalized spacial score (nSPS) is 13.4. The van der Waals surface area contributed by atoms with Crippen molar-refractivity contribution in [3.05, 3.63) is 102 Å². The predicted molar refractivity (Wildman–Crippen MR) is 243 cm³/mol. The summed E-state index contributed by atoms with van der Waals surface area (Å²) in [4.78, 5) is 154. The first kappa shape index (κ1) is 56.0. The third-order valence-electron chi connectivity index (χ3n) is 10.3. The molecule has 0 unspecified atom stereocenters. The number of ketones is 1. The lowest BCUT2D eigenvalue weighted by atomic mass is 9.84. The van der Waals surface area contributed by atoms with Gasteiger partial charge in [0.2, 0.25) is 35.4 Å². The van der Waals surface area contributed by atoms with Crippen molar-refractivity contribution in [1.29, 1.82) is 0 Å². The number of carboxylic acid groups (broad SMARTS) is 5. The van der Waals surface area contributed by atoms with E-state index >= 15 is 0 Å². The summed E-state index contributed by atoms with van der Waals surface area (Å²) in [6.07, 6.45) is -4.14. The number of thiol groups is 1. The molecule has 3 rings (SSSR count). The van der Waals surface area contributed by atoms with Crippen LogP contribution >= 0.6 is 12.6 Å². The van der Waals surface area contributed by atoms with Crippen molar-refractivity contribution in [2.24, 2.45) is 5.92 Å². The topological polar surface area (TPSA) is 398 Å². The maximum absolute atomic E-state index is 14.9. The van der Waals surface area contributed by atoms with Gasteiger partial charge < -0.3 is 62.5 Å². The zero-order valence-electron chi connectivity index (χ0n) is 37.0. The Bertz CT molecular complexity index is 2350. The van der Waals surface area contributed by atoms with Crippen LogP contribution in [-0.4, -0.2) is 144 Å². The molecule has 6 atom stereocenters. The first-order valence-electron chi connectivity index (χ1n) is 21.0. The van der Waals surface area contributed by atoms with Crippen LogP contribution in [0, 0.1) is 5.92 Å². The number of rotatable bonds is 28. The number of hydrogen-bond donors (Lipinski definition) is 13. The number of nitrogens with one attached hydrogen (secondary N) is 6. The van der Waals surface area contributed by atoms with Gasteiger partial charge in [0, 0.05) is 37.9 Å². The Balaban J connectivity index is 2.20. The van der Waals surface area contributed by atoms with Gasteiger partial charge >= 0.3 is 29.8 Å². The molecule has 70 heavy (non-hydrogen) atoms. The number of phenolic OH excluding ortho intramolecular Hbond substituents is 1. The zero-order valence-corrected chi connectivity index (χ0v) is 37.9. The third kappa shape index (κ3) is 17.4. The molecule has 12 N–H and O–H groups in total. The van der Waals surface area contributed by atoms with E-state index in [1.54, 1.807) is 36.4 Å². The van der Waals surface area contributed by atoms with Crippen molar-refractivity contribution in [1.82, 2.24) is 31.9 Å². The van der Waals surface area contributed by atoms with E-state index in [2.05, 4.69) is 44.5 Å². The summed E-state index contributed by atoms with van der Waals surface area (Å²) in [5.41, 5.74) is 0.916. The predicted octanol–water partition coefficient (Wildman–Crippen LogP) is -1.21. The van der Waals surface area contributed by atoms with Gasteiger partial charge in [0.1, 0.15) is 42.0 Å². The van der Waals surface area contributed by atoms with E-state index < -0.39 is 157 Å². The highest BCUT2D eigenvalue weighted by atomic mass is 32.1. The average molecular weight is 995 g/mol. The molecule has 0 bridgehead atoms. The molecule has 0 aliphatic carbocycles. The molecule has 3 aromatic carbocycles. The van der Waals surface area contributed by atoms with Crippen LogP contribution in [0.3, 0.4) is 0 Å². The number of amides is 6. The number of carbonyl (C=O) groups excluding carboxylic acids is 7. The van der Waals surface area contributed by atoms with E-state index in [9.17, 15) is 88.2 Å². The molecule has 0 aromatic heterocycles. The van der Waals surface area contributed by atoms with Gasteiger partial charge in [0.05, 0.1) is 6.42 Å². The van der Waals surface area contributed by atoms with Crippen molar-refractivity contribution < 1.29 is 88.2 Å². The van der Waals surface area contributed by atoms with Gasteiger partial charge in [-0.25, -0.2) is 4.79 Å². The highest BCUT2D eigenvalue weighted by Crippen LogP contribution is 2.29. The Hall–Kier alpha value is -8.35. The van der Waals surface area contributed by atoms with Crippen LogP contribution in [0.1, 0.15) is 55.2 Å². The molecule has 0 radical (unpaired) electrons. The van der Waals surface area contributed by atoms with Crippen LogP contribution in [0.4, 0.5) is 0 Å². The Labute approximate surface area is 403 Å². The van der Waals surface area contributed by atoms with Gasteiger partial charge in [-0.3, -0.25) is 52.7 Å². The van der Waals surface area contributed by atoms with Gasteiger partial charge in [-0.2, -0.15) is 12.6 Å². The Morgan fingerprint density at radius 3 is 1.47 bits per heavy atom. The molecule has 0 heterocycles. The maximum atomic E-state index is 14.9.